The van der Waals surface area contributed by atoms with E-state index in [0.29, 0.717) is 0 Å². The highest BCUT2D eigenvalue weighted by Crippen LogP contribution is 2.57. The highest BCUT2D eigenvalue weighted by atomic mass is 14.5. The summed E-state index contributed by atoms with van der Waals surface area (Å²) in [5.41, 5.74) is 4.46. The van der Waals surface area contributed by atoms with Crippen LogP contribution in [0, 0.1) is 52.3 Å². The van der Waals surface area contributed by atoms with Gasteiger partial charge in [0.25, 0.3) is 0 Å². The van der Waals surface area contributed by atoms with Gasteiger partial charge >= 0.3 is 0 Å². The predicted molar refractivity (Wildman–Crippen MR) is 182 cm³/mol. The van der Waals surface area contributed by atoms with Crippen LogP contribution in [0.25, 0.3) is 0 Å². The smallest absolute Gasteiger partial charge is 0.0292 e. The van der Waals surface area contributed by atoms with Gasteiger partial charge in [-0.25, -0.2) is 0 Å². The van der Waals surface area contributed by atoms with Gasteiger partial charge in [0.2, 0.25) is 0 Å². The fourth-order valence-electron chi connectivity index (χ4n) is 9.80. The third-order valence-corrected chi connectivity index (χ3v) is 13.0. The highest BCUT2D eigenvalue weighted by Gasteiger charge is 2.45. The summed E-state index contributed by atoms with van der Waals surface area (Å²) in [6.07, 6.45) is 34.1. The largest absolute Gasteiger partial charge is 0.0999 e. The molecule has 0 aromatic rings. The average molecular weight is 565 g/mol. The van der Waals surface area contributed by atoms with E-state index in [0.717, 1.165) is 40.4 Å². The third-order valence-electron chi connectivity index (χ3n) is 13.0. The Hall–Kier alpha value is -0.520. The Morgan fingerprint density at radius 3 is 1.39 bits per heavy atom. The Labute approximate surface area is 258 Å². The van der Waals surface area contributed by atoms with Gasteiger partial charge in [-0.3, -0.25) is 0 Å². The molecule has 0 heteroatoms. The molecule has 7 fully saturated rings. The molecule has 0 radical (unpaired) electrons. The molecule has 0 nitrogen and oxygen atoms in total. The zero-order chi connectivity index (χ0) is 29.5. The van der Waals surface area contributed by atoms with E-state index in [2.05, 4.69) is 47.8 Å². The van der Waals surface area contributed by atoms with Crippen molar-refractivity contribution in [2.75, 3.05) is 0 Å². The Morgan fingerprint density at radius 2 is 1.02 bits per heavy atom. The number of rotatable bonds is 6. The Bertz CT molecular complexity index is 772. The molecule has 0 N–H and O–H groups in total. The van der Waals surface area contributed by atoms with E-state index in [9.17, 15) is 0 Å². The maximum atomic E-state index is 3.90. The molecule has 7 saturated carbocycles. The lowest BCUT2D eigenvalue weighted by molar-refractivity contribution is 0.241. The van der Waals surface area contributed by atoms with Crippen LogP contribution in [0.2, 0.25) is 0 Å². The summed E-state index contributed by atoms with van der Waals surface area (Å²) in [6, 6.07) is 0. The molecular weight excluding hydrogens is 492 g/mol. The second-order valence-corrected chi connectivity index (χ2v) is 17.3. The minimum Gasteiger partial charge on any atom is -0.0999 e. The lowest BCUT2D eigenvalue weighted by Crippen LogP contribution is -2.15. The van der Waals surface area contributed by atoms with Gasteiger partial charge in [0, 0.05) is 0 Å². The van der Waals surface area contributed by atoms with Crippen molar-refractivity contribution in [1.29, 1.82) is 0 Å². The van der Waals surface area contributed by atoms with Gasteiger partial charge in [0.15, 0.2) is 0 Å². The average Bonchev–Trinajstić information content (AvgIpc) is 3.70. The van der Waals surface area contributed by atoms with Crippen molar-refractivity contribution in [3.63, 3.8) is 0 Å². The van der Waals surface area contributed by atoms with Crippen molar-refractivity contribution in [2.45, 2.75) is 182 Å². The molecule has 0 bridgehead atoms. The Balaban J connectivity index is 0.000000149. The number of allylic oxidation sites excluding steroid dienone is 2. The predicted octanol–water partition coefficient (Wildman–Crippen LogP) is 13.5. The summed E-state index contributed by atoms with van der Waals surface area (Å²) < 4.78 is 0. The van der Waals surface area contributed by atoms with E-state index in [1.165, 1.54) is 87.2 Å². The molecule has 1 spiro atoms. The first kappa shape index (κ1) is 33.4. The number of hydrogen-bond acceptors (Lipinski definition) is 0. The molecule has 0 aromatic heterocycles. The Kier molecular flexibility index (Phi) is 12.6. The summed E-state index contributed by atoms with van der Waals surface area (Å²) in [5, 5.41) is 0. The van der Waals surface area contributed by atoms with E-state index in [1.54, 1.807) is 83.5 Å². The van der Waals surface area contributed by atoms with Crippen LogP contribution in [0.1, 0.15) is 182 Å². The topological polar surface area (TPSA) is 0 Å². The normalized spacial score (nSPS) is 37.3. The van der Waals surface area contributed by atoms with E-state index >= 15 is 0 Å². The summed E-state index contributed by atoms with van der Waals surface area (Å²) >= 11 is 0. The molecule has 0 amide bonds. The molecule has 7 rings (SSSR count). The molecular formula is C41H72. The van der Waals surface area contributed by atoms with E-state index in [-0.39, 0.29) is 0 Å². The van der Waals surface area contributed by atoms with Gasteiger partial charge in [-0.2, -0.15) is 0 Å². The molecule has 0 saturated heterocycles. The zero-order valence-electron chi connectivity index (χ0n) is 28.7. The standard InChI is InChI=1S/C20H36.3C7H12/c1-4-19(5-2)10-7-17(14-19)12-18-8-11-20(15-18)9-6-16(3)13-20;1-2-6(1)5-7-3-4-7;2*1-6-3-4-7(2)5-6/h16-18H,4-15H2,1-3H3;6-7H,1-5H2;2*7H,1,3-5H2,2H3. The second kappa shape index (κ2) is 15.5. The second-order valence-electron chi connectivity index (χ2n) is 17.3. The van der Waals surface area contributed by atoms with E-state index in [1.807, 2.05) is 0 Å². The van der Waals surface area contributed by atoms with Crippen LogP contribution in [0.5, 0.6) is 0 Å². The molecule has 0 aromatic carbocycles. The number of hydrogen-bond donors (Lipinski definition) is 0. The van der Waals surface area contributed by atoms with Crippen molar-refractivity contribution >= 4 is 0 Å². The minimum absolute atomic E-state index is 0.739. The molecule has 7 aliphatic rings. The van der Waals surface area contributed by atoms with Crippen LogP contribution >= 0.6 is 0 Å². The maximum absolute atomic E-state index is 3.90. The van der Waals surface area contributed by atoms with Crippen LogP contribution < -0.4 is 0 Å². The summed E-state index contributed by atoms with van der Waals surface area (Å²) in [5.74, 6) is 7.41. The molecule has 236 valence electrons. The van der Waals surface area contributed by atoms with Gasteiger partial charge in [-0.15, -0.1) is 0 Å². The summed E-state index contributed by atoms with van der Waals surface area (Å²) in [7, 11) is 0. The van der Waals surface area contributed by atoms with Gasteiger partial charge in [0.05, 0.1) is 0 Å². The van der Waals surface area contributed by atoms with Gasteiger partial charge in [-0.05, 0) is 155 Å². The maximum Gasteiger partial charge on any atom is -0.0292 e. The first-order valence-electron chi connectivity index (χ1n) is 18.9. The zero-order valence-corrected chi connectivity index (χ0v) is 28.7. The first-order valence-corrected chi connectivity index (χ1v) is 18.9. The molecule has 6 unspecified atom stereocenters. The lowest BCUT2D eigenvalue weighted by atomic mass is 9.78. The molecule has 41 heavy (non-hydrogen) atoms. The lowest BCUT2D eigenvalue weighted by Gasteiger charge is -2.27. The van der Waals surface area contributed by atoms with E-state index in [4.69, 9.17) is 0 Å². The highest BCUT2D eigenvalue weighted by molar-refractivity contribution is 5.01. The third kappa shape index (κ3) is 11.2. The minimum atomic E-state index is 0.739. The van der Waals surface area contributed by atoms with Crippen LogP contribution in [-0.2, 0) is 0 Å². The molecule has 0 aliphatic heterocycles. The van der Waals surface area contributed by atoms with Crippen molar-refractivity contribution in [2.24, 2.45) is 52.3 Å². The van der Waals surface area contributed by atoms with Crippen molar-refractivity contribution < 1.29 is 0 Å². The van der Waals surface area contributed by atoms with Crippen LogP contribution in [0.4, 0.5) is 0 Å². The summed E-state index contributed by atoms with van der Waals surface area (Å²) in [6.45, 7) is 19.7. The molecule has 7 aliphatic carbocycles. The fraction of sp³-hybridized carbons (Fsp3) is 0.902. The fourth-order valence-corrected chi connectivity index (χ4v) is 9.80. The first-order chi connectivity index (χ1) is 19.6. The monoisotopic (exact) mass is 565 g/mol. The SMILES string of the molecule is C1CC1CC1CC1.C=C1CCC(C)C1.C=C1CCC(C)C1.CCC1(CC)CCC(CC2CCC3(CCC(C)C3)C2)C1. The summed E-state index contributed by atoms with van der Waals surface area (Å²) in [4.78, 5) is 0. The van der Waals surface area contributed by atoms with Crippen LogP contribution in [0.15, 0.2) is 24.3 Å². The van der Waals surface area contributed by atoms with Crippen molar-refractivity contribution in [1.82, 2.24) is 0 Å². The molecule has 6 atom stereocenters. The van der Waals surface area contributed by atoms with E-state index < -0.39 is 0 Å². The molecule has 0 heterocycles. The van der Waals surface area contributed by atoms with Crippen molar-refractivity contribution in [3.8, 4) is 0 Å². The van der Waals surface area contributed by atoms with Gasteiger partial charge in [0.1, 0.15) is 0 Å². The quantitative estimate of drug-likeness (QED) is 0.281. The Morgan fingerprint density at radius 1 is 0.537 bits per heavy atom. The van der Waals surface area contributed by atoms with Crippen LogP contribution in [-0.4, -0.2) is 0 Å². The van der Waals surface area contributed by atoms with Crippen LogP contribution in [0.3, 0.4) is 0 Å². The van der Waals surface area contributed by atoms with Gasteiger partial charge < -0.3 is 0 Å². The van der Waals surface area contributed by atoms with Crippen molar-refractivity contribution in [3.05, 3.63) is 24.3 Å². The van der Waals surface area contributed by atoms with Gasteiger partial charge in [-0.1, -0.05) is 104 Å².